The molecule has 1 fully saturated rings. The van der Waals surface area contributed by atoms with E-state index in [2.05, 4.69) is 4.98 Å². The van der Waals surface area contributed by atoms with Crippen LogP contribution in [-0.4, -0.2) is 50.2 Å². The van der Waals surface area contributed by atoms with Crippen LogP contribution in [-0.2, 0) is 21.2 Å². The van der Waals surface area contributed by atoms with Crippen molar-refractivity contribution in [1.82, 2.24) is 9.29 Å². The van der Waals surface area contributed by atoms with E-state index >= 15 is 0 Å². The third-order valence-electron chi connectivity index (χ3n) is 3.06. The first-order valence-corrected chi connectivity index (χ1v) is 8.08. The first-order chi connectivity index (χ1) is 9.00. The van der Waals surface area contributed by atoms with Crippen molar-refractivity contribution < 1.29 is 13.2 Å². The van der Waals surface area contributed by atoms with Gasteiger partial charge in [0.15, 0.2) is 0 Å². The summed E-state index contributed by atoms with van der Waals surface area (Å²) >= 11 is 0. The van der Waals surface area contributed by atoms with Crippen molar-refractivity contribution in [1.29, 1.82) is 0 Å². The molecule has 0 saturated carbocycles. The van der Waals surface area contributed by atoms with Crippen LogP contribution in [0.3, 0.4) is 0 Å². The highest BCUT2D eigenvalue weighted by Crippen LogP contribution is 2.22. The molecule has 1 saturated heterocycles. The second-order valence-corrected chi connectivity index (χ2v) is 6.56. The lowest BCUT2D eigenvalue weighted by atomic mass is 10.1. The standard InChI is InChI=1S/C12H19N3O3S/c1-19(16,17)15-7-8-18-12(9-15)11-4-2-3-10(14-11)5-6-13/h2-4,12H,5-9,13H2,1H3. The van der Waals surface area contributed by atoms with Gasteiger partial charge in [0.1, 0.15) is 6.10 Å². The van der Waals surface area contributed by atoms with Crippen LogP contribution >= 0.6 is 0 Å². The van der Waals surface area contributed by atoms with Gasteiger partial charge in [0.2, 0.25) is 10.0 Å². The number of hydrogen-bond donors (Lipinski definition) is 1. The summed E-state index contributed by atoms with van der Waals surface area (Å²) in [6.45, 7) is 1.65. The predicted octanol–water partition coefficient (Wildman–Crippen LogP) is -0.0843. The molecule has 1 unspecified atom stereocenters. The number of pyridine rings is 1. The zero-order valence-corrected chi connectivity index (χ0v) is 11.8. The summed E-state index contributed by atoms with van der Waals surface area (Å²) < 4.78 is 30.2. The molecular weight excluding hydrogens is 266 g/mol. The van der Waals surface area contributed by atoms with Crippen LogP contribution in [0.25, 0.3) is 0 Å². The summed E-state index contributed by atoms with van der Waals surface area (Å²) in [5, 5.41) is 0. The second-order valence-electron chi connectivity index (χ2n) is 4.57. The highest BCUT2D eigenvalue weighted by atomic mass is 32.2. The fourth-order valence-electron chi connectivity index (χ4n) is 2.07. The number of aromatic nitrogens is 1. The van der Waals surface area contributed by atoms with Crippen molar-refractivity contribution in [3.8, 4) is 0 Å². The monoisotopic (exact) mass is 285 g/mol. The van der Waals surface area contributed by atoms with E-state index in [1.807, 2.05) is 18.2 Å². The highest BCUT2D eigenvalue weighted by Gasteiger charge is 2.28. The van der Waals surface area contributed by atoms with Gasteiger partial charge in [0, 0.05) is 25.2 Å². The van der Waals surface area contributed by atoms with Gasteiger partial charge in [-0.15, -0.1) is 0 Å². The Morgan fingerprint density at radius 1 is 1.53 bits per heavy atom. The Bertz CT molecular complexity index is 533. The SMILES string of the molecule is CS(=O)(=O)N1CCOC(c2cccc(CCN)n2)C1. The smallest absolute Gasteiger partial charge is 0.211 e. The normalized spacial score (nSPS) is 21.5. The minimum Gasteiger partial charge on any atom is -0.369 e. The van der Waals surface area contributed by atoms with Crippen LogP contribution in [0.1, 0.15) is 17.5 Å². The van der Waals surface area contributed by atoms with Crippen molar-refractivity contribution in [2.45, 2.75) is 12.5 Å². The molecule has 1 atom stereocenters. The van der Waals surface area contributed by atoms with Crippen LogP contribution in [0.2, 0.25) is 0 Å². The van der Waals surface area contributed by atoms with E-state index in [4.69, 9.17) is 10.5 Å². The zero-order chi connectivity index (χ0) is 13.9. The predicted molar refractivity (Wildman–Crippen MR) is 72.1 cm³/mol. The molecule has 0 aliphatic carbocycles. The molecule has 7 heteroatoms. The molecule has 106 valence electrons. The van der Waals surface area contributed by atoms with E-state index < -0.39 is 10.0 Å². The number of rotatable bonds is 4. The van der Waals surface area contributed by atoms with E-state index in [0.29, 0.717) is 32.7 Å². The summed E-state index contributed by atoms with van der Waals surface area (Å²) in [6, 6.07) is 5.67. The largest absolute Gasteiger partial charge is 0.369 e. The number of sulfonamides is 1. The Morgan fingerprint density at radius 2 is 2.32 bits per heavy atom. The van der Waals surface area contributed by atoms with E-state index in [1.54, 1.807) is 0 Å². The van der Waals surface area contributed by atoms with Crippen LogP contribution in [0, 0.1) is 0 Å². The van der Waals surface area contributed by atoms with E-state index in [0.717, 1.165) is 11.4 Å². The maximum absolute atomic E-state index is 11.6. The van der Waals surface area contributed by atoms with Crippen molar-refractivity contribution in [2.75, 3.05) is 32.5 Å². The summed E-state index contributed by atoms with van der Waals surface area (Å²) in [4.78, 5) is 4.48. The summed E-state index contributed by atoms with van der Waals surface area (Å²) in [7, 11) is -3.18. The molecule has 2 rings (SSSR count). The maximum atomic E-state index is 11.6. The zero-order valence-electron chi connectivity index (χ0n) is 10.9. The molecule has 0 amide bonds. The second kappa shape index (κ2) is 5.96. The van der Waals surface area contributed by atoms with Gasteiger partial charge in [-0.2, -0.15) is 4.31 Å². The first-order valence-electron chi connectivity index (χ1n) is 6.23. The molecule has 0 radical (unpaired) electrons. The Morgan fingerprint density at radius 3 is 3.00 bits per heavy atom. The third kappa shape index (κ3) is 3.73. The number of hydrogen-bond acceptors (Lipinski definition) is 5. The molecule has 1 aliphatic rings. The number of ether oxygens (including phenoxy) is 1. The minimum absolute atomic E-state index is 0.304. The molecule has 2 heterocycles. The van der Waals surface area contributed by atoms with E-state index in [9.17, 15) is 8.42 Å². The van der Waals surface area contributed by atoms with Crippen LogP contribution in [0.15, 0.2) is 18.2 Å². The molecule has 2 N–H and O–H groups in total. The fraction of sp³-hybridized carbons (Fsp3) is 0.583. The lowest BCUT2D eigenvalue weighted by Crippen LogP contribution is -2.41. The van der Waals surface area contributed by atoms with Crippen LogP contribution in [0.5, 0.6) is 0 Å². The van der Waals surface area contributed by atoms with Crippen molar-refractivity contribution in [3.63, 3.8) is 0 Å². The Hall–Kier alpha value is -1.02. The van der Waals surface area contributed by atoms with Crippen LogP contribution in [0.4, 0.5) is 0 Å². The molecule has 6 nitrogen and oxygen atoms in total. The van der Waals surface area contributed by atoms with Crippen LogP contribution < -0.4 is 5.73 Å². The highest BCUT2D eigenvalue weighted by molar-refractivity contribution is 7.88. The average molecular weight is 285 g/mol. The molecule has 0 bridgehead atoms. The first kappa shape index (κ1) is 14.4. The van der Waals surface area contributed by atoms with Gasteiger partial charge in [-0.3, -0.25) is 4.98 Å². The summed E-state index contributed by atoms with van der Waals surface area (Å²) in [6.07, 6.45) is 1.62. The summed E-state index contributed by atoms with van der Waals surface area (Å²) in [5.74, 6) is 0. The number of nitrogens with zero attached hydrogens (tertiary/aromatic N) is 2. The lowest BCUT2D eigenvalue weighted by Gasteiger charge is -2.31. The molecule has 0 aromatic carbocycles. The molecule has 1 aromatic heterocycles. The Labute approximate surface area is 113 Å². The molecule has 0 spiro atoms. The molecular formula is C12H19N3O3S. The lowest BCUT2D eigenvalue weighted by molar-refractivity contribution is -0.00482. The minimum atomic E-state index is -3.18. The fourth-order valence-corrected chi connectivity index (χ4v) is 2.88. The quantitative estimate of drug-likeness (QED) is 0.836. The molecule has 1 aliphatic heterocycles. The Kier molecular flexibility index (Phi) is 4.51. The number of nitrogens with two attached hydrogens (primary N) is 1. The van der Waals surface area contributed by atoms with Gasteiger partial charge in [-0.25, -0.2) is 8.42 Å². The van der Waals surface area contributed by atoms with Gasteiger partial charge in [0.25, 0.3) is 0 Å². The average Bonchev–Trinajstić information content (AvgIpc) is 2.39. The van der Waals surface area contributed by atoms with Gasteiger partial charge >= 0.3 is 0 Å². The van der Waals surface area contributed by atoms with Gasteiger partial charge in [0.05, 0.1) is 18.6 Å². The topological polar surface area (TPSA) is 85.5 Å². The van der Waals surface area contributed by atoms with Gasteiger partial charge < -0.3 is 10.5 Å². The van der Waals surface area contributed by atoms with Crippen molar-refractivity contribution in [2.24, 2.45) is 5.73 Å². The number of morpholine rings is 1. The Balaban J connectivity index is 2.15. The van der Waals surface area contributed by atoms with Crippen molar-refractivity contribution in [3.05, 3.63) is 29.6 Å². The van der Waals surface area contributed by atoms with Gasteiger partial charge in [-0.1, -0.05) is 6.07 Å². The van der Waals surface area contributed by atoms with E-state index in [-0.39, 0.29) is 6.10 Å². The maximum Gasteiger partial charge on any atom is 0.211 e. The van der Waals surface area contributed by atoms with E-state index in [1.165, 1.54) is 10.6 Å². The molecule has 19 heavy (non-hydrogen) atoms. The molecule has 1 aromatic rings. The third-order valence-corrected chi connectivity index (χ3v) is 4.33. The van der Waals surface area contributed by atoms with Crippen molar-refractivity contribution >= 4 is 10.0 Å². The summed E-state index contributed by atoms with van der Waals surface area (Å²) in [5.41, 5.74) is 7.18. The van der Waals surface area contributed by atoms with Gasteiger partial charge in [-0.05, 0) is 18.7 Å².